The van der Waals surface area contributed by atoms with E-state index in [0.29, 0.717) is 30.0 Å². The smallest absolute Gasteiger partial charge is 0.255 e. The van der Waals surface area contributed by atoms with Gasteiger partial charge in [0.25, 0.3) is 5.91 Å². The van der Waals surface area contributed by atoms with Crippen molar-refractivity contribution in [3.05, 3.63) is 47.0 Å². The van der Waals surface area contributed by atoms with Crippen LogP contribution in [0.4, 0.5) is 11.4 Å². The maximum absolute atomic E-state index is 12.8. The summed E-state index contributed by atoms with van der Waals surface area (Å²) in [7, 11) is -1.95. The number of thioether (sulfide) groups is 1. The highest BCUT2D eigenvalue weighted by Crippen LogP contribution is 2.39. The molecule has 1 unspecified atom stereocenters. The van der Waals surface area contributed by atoms with Crippen molar-refractivity contribution in [2.75, 3.05) is 30.4 Å². The maximum atomic E-state index is 12.8. The number of rotatable bonds is 4. The van der Waals surface area contributed by atoms with Crippen LogP contribution in [0, 0.1) is 0 Å². The lowest BCUT2D eigenvalue weighted by atomic mass is 10.1. The van der Waals surface area contributed by atoms with E-state index >= 15 is 0 Å². The summed E-state index contributed by atoms with van der Waals surface area (Å²) >= 11 is 7.72. The van der Waals surface area contributed by atoms with Crippen molar-refractivity contribution in [2.45, 2.75) is 34.8 Å². The quantitative estimate of drug-likeness (QED) is 0.720. The van der Waals surface area contributed by atoms with Gasteiger partial charge in [0.05, 0.1) is 16.0 Å². The first kappa shape index (κ1) is 22.1. The zero-order chi connectivity index (χ0) is 22.3. The topological polar surface area (TPSA) is 86.8 Å². The largest absolute Gasteiger partial charge is 0.322 e. The molecule has 1 saturated heterocycles. The molecule has 2 aliphatic rings. The molecule has 2 aromatic rings. The van der Waals surface area contributed by atoms with E-state index in [2.05, 4.69) is 5.32 Å². The first-order valence-corrected chi connectivity index (χ1v) is 12.6. The van der Waals surface area contributed by atoms with Crippen molar-refractivity contribution in [1.82, 2.24) is 4.31 Å². The van der Waals surface area contributed by atoms with E-state index in [4.69, 9.17) is 11.6 Å². The van der Waals surface area contributed by atoms with Gasteiger partial charge in [-0.15, -0.1) is 11.8 Å². The summed E-state index contributed by atoms with van der Waals surface area (Å²) in [5.74, 6) is -0.393. The van der Waals surface area contributed by atoms with E-state index in [1.165, 1.54) is 34.3 Å². The molecule has 0 saturated carbocycles. The van der Waals surface area contributed by atoms with E-state index in [0.717, 1.165) is 17.7 Å². The van der Waals surface area contributed by atoms with Gasteiger partial charge in [0, 0.05) is 36.3 Å². The van der Waals surface area contributed by atoms with Crippen LogP contribution in [0.3, 0.4) is 0 Å². The minimum atomic E-state index is -3.64. The highest BCUT2D eigenvalue weighted by atomic mass is 35.5. The molecule has 0 spiro atoms. The molecule has 31 heavy (non-hydrogen) atoms. The number of carbonyl (C=O) groups excluding carboxylic acids is 2. The van der Waals surface area contributed by atoms with Gasteiger partial charge in [0.1, 0.15) is 4.90 Å². The molecule has 10 heteroatoms. The summed E-state index contributed by atoms with van der Waals surface area (Å²) < 4.78 is 26.9. The number of carbonyl (C=O) groups is 2. The van der Waals surface area contributed by atoms with Crippen LogP contribution in [-0.2, 0) is 14.8 Å². The number of hydrogen-bond donors (Lipinski definition) is 1. The van der Waals surface area contributed by atoms with Crippen LogP contribution in [0.1, 0.15) is 30.1 Å². The SMILES string of the molecule is CC1Sc2ccc(C(=O)Nc3ccc(S(=O)(=O)N4CCCC4)c(Cl)c3)cc2N(C)C1=O. The molecule has 0 radical (unpaired) electrons. The predicted molar refractivity (Wildman–Crippen MR) is 123 cm³/mol. The van der Waals surface area contributed by atoms with Gasteiger partial charge >= 0.3 is 0 Å². The number of sulfonamides is 1. The van der Waals surface area contributed by atoms with Crippen LogP contribution in [0.15, 0.2) is 46.2 Å². The third-order valence-electron chi connectivity index (χ3n) is 5.44. The number of amides is 2. The molecular formula is C21H22ClN3O4S2. The van der Waals surface area contributed by atoms with E-state index in [-0.39, 0.29) is 27.0 Å². The summed E-state index contributed by atoms with van der Waals surface area (Å²) in [5.41, 5.74) is 1.46. The lowest BCUT2D eigenvalue weighted by molar-refractivity contribution is -0.117. The second-order valence-corrected chi connectivity index (χ2v) is 11.2. The molecule has 1 N–H and O–H groups in total. The maximum Gasteiger partial charge on any atom is 0.255 e. The average molecular weight is 480 g/mol. The van der Waals surface area contributed by atoms with Crippen LogP contribution in [-0.4, -0.2) is 49.9 Å². The molecular weight excluding hydrogens is 458 g/mol. The number of nitrogens with one attached hydrogen (secondary N) is 1. The third-order valence-corrected chi connectivity index (χ3v) is 8.97. The Morgan fingerprint density at radius 1 is 1.16 bits per heavy atom. The molecule has 0 aliphatic carbocycles. The van der Waals surface area contributed by atoms with Crippen LogP contribution in [0.2, 0.25) is 5.02 Å². The molecule has 7 nitrogen and oxygen atoms in total. The highest BCUT2D eigenvalue weighted by molar-refractivity contribution is 8.01. The Kier molecular flexibility index (Phi) is 6.04. The van der Waals surface area contributed by atoms with Gasteiger partial charge < -0.3 is 10.2 Å². The highest BCUT2D eigenvalue weighted by Gasteiger charge is 2.30. The van der Waals surface area contributed by atoms with Crippen molar-refractivity contribution in [1.29, 1.82) is 0 Å². The van der Waals surface area contributed by atoms with Gasteiger partial charge in [-0.2, -0.15) is 4.31 Å². The lowest BCUT2D eigenvalue weighted by Gasteiger charge is -2.29. The first-order chi connectivity index (χ1) is 14.7. The monoisotopic (exact) mass is 479 g/mol. The van der Waals surface area contributed by atoms with Crippen LogP contribution in [0.25, 0.3) is 0 Å². The minimum Gasteiger partial charge on any atom is -0.322 e. The van der Waals surface area contributed by atoms with Crippen molar-refractivity contribution in [2.24, 2.45) is 0 Å². The summed E-state index contributed by atoms with van der Waals surface area (Å²) in [4.78, 5) is 27.5. The third kappa shape index (κ3) is 4.19. The van der Waals surface area contributed by atoms with E-state index in [9.17, 15) is 18.0 Å². The molecule has 2 aromatic carbocycles. The molecule has 1 fully saturated rings. The number of nitrogens with zero attached hydrogens (tertiary/aromatic N) is 2. The Hall–Kier alpha value is -2.07. The van der Waals surface area contributed by atoms with Crippen molar-refractivity contribution in [3.63, 3.8) is 0 Å². The average Bonchev–Trinajstić information content (AvgIpc) is 3.27. The number of fused-ring (bicyclic) bond motifs is 1. The van der Waals surface area contributed by atoms with Crippen LogP contribution < -0.4 is 10.2 Å². The van der Waals surface area contributed by atoms with Gasteiger partial charge in [-0.05, 0) is 56.2 Å². The zero-order valence-electron chi connectivity index (χ0n) is 17.1. The second kappa shape index (κ2) is 8.46. The predicted octanol–water partition coefficient (Wildman–Crippen LogP) is 3.83. The summed E-state index contributed by atoms with van der Waals surface area (Å²) in [6.45, 7) is 2.83. The van der Waals surface area contributed by atoms with Gasteiger partial charge in [-0.25, -0.2) is 8.42 Å². The Balaban J connectivity index is 1.54. The minimum absolute atomic E-state index is 0.0170. The van der Waals surface area contributed by atoms with E-state index in [1.54, 1.807) is 24.1 Å². The van der Waals surface area contributed by atoms with E-state index in [1.807, 2.05) is 13.0 Å². The Labute approximate surface area is 190 Å². The number of hydrogen-bond acceptors (Lipinski definition) is 5. The number of benzene rings is 2. The van der Waals surface area contributed by atoms with Crippen molar-refractivity contribution in [3.8, 4) is 0 Å². The van der Waals surface area contributed by atoms with Gasteiger partial charge in [-0.1, -0.05) is 11.6 Å². The number of halogens is 1. The van der Waals surface area contributed by atoms with Crippen LogP contribution in [0.5, 0.6) is 0 Å². The summed E-state index contributed by atoms with van der Waals surface area (Å²) in [6.07, 6.45) is 1.67. The fourth-order valence-corrected chi connectivity index (χ4v) is 6.85. The van der Waals surface area contributed by atoms with Gasteiger partial charge in [0.2, 0.25) is 15.9 Å². The van der Waals surface area contributed by atoms with Crippen molar-refractivity contribution >= 4 is 56.6 Å². The Morgan fingerprint density at radius 3 is 2.55 bits per heavy atom. The second-order valence-electron chi connectivity index (χ2n) is 7.55. The van der Waals surface area contributed by atoms with E-state index < -0.39 is 10.0 Å². The lowest BCUT2D eigenvalue weighted by Crippen LogP contribution is -2.36. The van der Waals surface area contributed by atoms with Crippen LogP contribution >= 0.6 is 23.4 Å². The fourth-order valence-electron chi connectivity index (χ4n) is 3.71. The van der Waals surface area contributed by atoms with Gasteiger partial charge in [0.15, 0.2) is 0 Å². The molecule has 0 aromatic heterocycles. The molecule has 1 atom stereocenters. The summed E-state index contributed by atoms with van der Waals surface area (Å²) in [5, 5.41) is 2.64. The molecule has 4 rings (SSSR count). The Morgan fingerprint density at radius 2 is 1.87 bits per heavy atom. The van der Waals surface area contributed by atoms with Gasteiger partial charge in [-0.3, -0.25) is 9.59 Å². The normalized spacial score (nSPS) is 19.4. The molecule has 2 heterocycles. The molecule has 0 bridgehead atoms. The standard InChI is InChI=1S/C21H22ClN3O4S2/c1-13-21(27)24(2)17-11-14(5-7-18(17)30-13)20(26)23-15-6-8-19(16(22)12-15)31(28,29)25-9-3-4-10-25/h5-8,11-13H,3-4,9-10H2,1-2H3,(H,23,26). The fraction of sp³-hybridized carbons (Fsp3) is 0.333. The zero-order valence-corrected chi connectivity index (χ0v) is 19.5. The number of anilines is 2. The molecule has 2 aliphatic heterocycles. The molecule has 164 valence electrons. The Bertz CT molecular complexity index is 1160. The molecule has 2 amide bonds. The van der Waals surface area contributed by atoms with Crippen molar-refractivity contribution < 1.29 is 18.0 Å². The summed E-state index contributed by atoms with van der Waals surface area (Å²) in [6, 6.07) is 9.59. The first-order valence-electron chi connectivity index (χ1n) is 9.88.